The SMILES string of the molecule is c1ccc2c(c1)ccc1cc(-n3c4ccc(-c5ccc6ccc7cccc8ccc5c6c78)c5ccc6c(-c7ccc8ccc9cccc%10ccc7c8c9%10)ccc3c6c54)ccc12. The summed E-state index contributed by atoms with van der Waals surface area (Å²) in [6.07, 6.45) is 0. The van der Waals surface area contributed by atoms with Gasteiger partial charge in [-0.25, -0.2) is 0 Å². The Morgan fingerprint density at radius 2 is 0.574 bits per heavy atom. The Kier molecular flexibility index (Phi) is 5.96. The molecule has 0 N–H and O–H groups in total. The molecule has 1 nitrogen and oxygen atoms in total. The molecule has 15 rings (SSSR count). The zero-order chi connectivity index (χ0) is 39.5. The van der Waals surface area contributed by atoms with Crippen LogP contribution in [-0.2, 0) is 0 Å². The summed E-state index contributed by atoms with van der Waals surface area (Å²) in [7, 11) is 0. The Morgan fingerprint density at radius 3 is 1.13 bits per heavy atom. The van der Waals surface area contributed by atoms with Crippen molar-refractivity contribution in [2.75, 3.05) is 0 Å². The minimum atomic E-state index is 1.17. The molecular formula is C60H33N. The molecule has 0 fully saturated rings. The van der Waals surface area contributed by atoms with Gasteiger partial charge in [-0.3, -0.25) is 0 Å². The minimum absolute atomic E-state index is 1.17. The van der Waals surface area contributed by atoms with Gasteiger partial charge in [0.2, 0.25) is 0 Å². The van der Waals surface area contributed by atoms with Gasteiger partial charge in [-0.2, -0.15) is 0 Å². The first-order valence-electron chi connectivity index (χ1n) is 21.3. The maximum absolute atomic E-state index is 2.51. The fourth-order valence-electron chi connectivity index (χ4n) is 11.6. The van der Waals surface area contributed by atoms with Crippen molar-refractivity contribution in [3.63, 3.8) is 0 Å². The maximum Gasteiger partial charge on any atom is 0.0547 e. The highest BCUT2D eigenvalue weighted by atomic mass is 15.0. The molecule has 0 atom stereocenters. The summed E-state index contributed by atoms with van der Waals surface area (Å²) in [5.41, 5.74) is 8.71. The zero-order valence-electron chi connectivity index (χ0n) is 33.0. The summed E-state index contributed by atoms with van der Waals surface area (Å²) in [6, 6.07) is 75.8. The van der Waals surface area contributed by atoms with Crippen LogP contribution in [0.2, 0.25) is 0 Å². The first-order valence-corrected chi connectivity index (χ1v) is 21.3. The molecule has 0 bridgehead atoms. The third kappa shape index (κ3) is 4.10. The second-order valence-corrected chi connectivity index (χ2v) is 17.1. The second-order valence-electron chi connectivity index (χ2n) is 17.1. The molecule has 0 radical (unpaired) electrons. The fourth-order valence-corrected chi connectivity index (χ4v) is 11.6. The van der Waals surface area contributed by atoms with E-state index < -0.39 is 0 Å². The van der Waals surface area contributed by atoms with E-state index in [9.17, 15) is 0 Å². The van der Waals surface area contributed by atoms with Crippen molar-refractivity contribution in [3.8, 4) is 27.9 Å². The van der Waals surface area contributed by atoms with E-state index in [0.29, 0.717) is 0 Å². The van der Waals surface area contributed by atoms with Crippen LogP contribution in [0.5, 0.6) is 0 Å². The molecule has 1 aromatic heterocycles. The van der Waals surface area contributed by atoms with Crippen molar-refractivity contribution in [1.82, 2.24) is 4.57 Å². The fraction of sp³-hybridized carbons (Fsp3) is 0. The molecule has 0 saturated heterocycles. The molecule has 0 aliphatic rings. The molecule has 0 amide bonds. The van der Waals surface area contributed by atoms with Gasteiger partial charge in [0.05, 0.1) is 11.0 Å². The Hall–Kier alpha value is -8.00. The Bertz CT molecular complexity index is 4080. The lowest BCUT2D eigenvalue weighted by molar-refractivity contribution is 1.19. The topological polar surface area (TPSA) is 4.93 Å². The summed E-state index contributed by atoms with van der Waals surface area (Å²) in [4.78, 5) is 0. The monoisotopic (exact) mass is 767 g/mol. The number of rotatable bonds is 3. The molecule has 1 heteroatoms. The number of nitrogens with zero attached hydrogens (tertiary/aromatic N) is 1. The lowest BCUT2D eigenvalue weighted by Gasteiger charge is -2.17. The molecular weight excluding hydrogens is 735 g/mol. The van der Waals surface area contributed by atoms with E-state index in [4.69, 9.17) is 0 Å². The van der Waals surface area contributed by atoms with Crippen LogP contribution in [0.3, 0.4) is 0 Å². The van der Waals surface area contributed by atoms with Crippen molar-refractivity contribution in [2.45, 2.75) is 0 Å². The molecule has 61 heavy (non-hydrogen) atoms. The standard InChI is InChI=1S/C60H33N/c1-2-10-43-34(5-1)11-16-41-33-42(21-26-44(41)43)61-53-31-29-47(45-22-17-39-14-12-35-6-3-8-37-19-24-49(45)57(39)55(35)37)51-27-28-52-48(30-32-54(61)60(52)59(51)53)46-23-18-40-15-13-36-7-4-9-38-20-25-50(46)58(40)56(36)38/h1-33H. The van der Waals surface area contributed by atoms with Gasteiger partial charge in [0, 0.05) is 16.5 Å². The largest absolute Gasteiger partial charge is 0.309 e. The molecule has 0 aliphatic heterocycles. The third-order valence-electron chi connectivity index (χ3n) is 14.2. The Morgan fingerprint density at radius 1 is 0.213 bits per heavy atom. The molecule has 0 aliphatic carbocycles. The smallest absolute Gasteiger partial charge is 0.0547 e. The normalized spacial score (nSPS) is 12.6. The minimum Gasteiger partial charge on any atom is -0.309 e. The van der Waals surface area contributed by atoms with Crippen LogP contribution in [-0.4, -0.2) is 4.57 Å². The van der Waals surface area contributed by atoms with Gasteiger partial charge < -0.3 is 4.57 Å². The van der Waals surface area contributed by atoms with Crippen molar-refractivity contribution < 1.29 is 0 Å². The van der Waals surface area contributed by atoms with Crippen LogP contribution in [0, 0.1) is 0 Å². The first kappa shape index (κ1) is 31.9. The number of fused-ring (bicyclic) bond motifs is 3. The van der Waals surface area contributed by atoms with Gasteiger partial charge in [-0.1, -0.05) is 176 Å². The third-order valence-corrected chi connectivity index (χ3v) is 14.2. The number of hydrogen-bond donors (Lipinski definition) is 0. The van der Waals surface area contributed by atoms with Crippen LogP contribution in [0.4, 0.5) is 0 Å². The Labute approximate surface area is 349 Å². The van der Waals surface area contributed by atoms with Crippen molar-refractivity contribution in [2.24, 2.45) is 0 Å². The lowest BCUT2D eigenvalue weighted by atomic mass is 9.86. The van der Waals surface area contributed by atoms with E-state index in [0.717, 1.165) is 0 Å². The van der Waals surface area contributed by atoms with Gasteiger partial charge >= 0.3 is 0 Å². The van der Waals surface area contributed by atoms with E-state index in [-0.39, 0.29) is 0 Å². The van der Waals surface area contributed by atoms with Gasteiger partial charge in [0.15, 0.2) is 0 Å². The van der Waals surface area contributed by atoms with Crippen molar-refractivity contribution >= 4 is 119 Å². The van der Waals surface area contributed by atoms with Crippen LogP contribution in [0.25, 0.3) is 147 Å². The van der Waals surface area contributed by atoms with Gasteiger partial charge in [0.1, 0.15) is 0 Å². The predicted molar refractivity (Wildman–Crippen MR) is 263 cm³/mol. The number of aromatic nitrogens is 1. The van der Waals surface area contributed by atoms with Crippen LogP contribution < -0.4 is 0 Å². The zero-order valence-corrected chi connectivity index (χ0v) is 33.0. The molecule has 1 heterocycles. The second kappa shape index (κ2) is 11.4. The number of hydrogen-bond acceptors (Lipinski definition) is 0. The van der Waals surface area contributed by atoms with Gasteiger partial charge in [0.25, 0.3) is 0 Å². The van der Waals surface area contributed by atoms with Crippen molar-refractivity contribution in [3.05, 3.63) is 200 Å². The molecule has 278 valence electrons. The molecule has 0 spiro atoms. The first-order chi connectivity index (χ1) is 30.2. The average Bonchev–Trinajstić information content (AvgIpc) is 3.66. The number of benzene rings is 14. The van der Waals surface area contributed by atoms with E-state index >= 15 is 0 Å². The van der Waals surface area contributed by atoms with Crippen LogP contribution in [0.15, 0.2) is 200 Å². The predicted octanol–water partition coefficient (Wildman–Crippen LogP) is 16.8. The van der Waals surface area contributed by atoms with Gasteiger partial charge in [-0.05, 0) is 143 Å². The summed E-state index contributed by atoms with van der Waals surface area (Å²) >= 11 is 0. The summed E-state index contributed by atoms with van der Waals surface area (Å²) in [5.74, 6) is 0. The van der Waals surface area contributed by atoms with Crippen LogP contribution in [0.1, 0.15) is 0 Å². The average molecular weight is 768 g/mol. The summed E-state index contributed by atoms with van der Waals surface area (Å²) in [5, 5.41) is 26.0. The maximum atomic E-state index is 2.51. The highest BCUT2D eigenvalue weighted by Gasteiger charge is 2.23. The highest BCUT2D eigenvalue weighted by Crippen LogP contribution is 2.49. The van der Waals surface area contributed by atoms with E-state index in [2.05, 4.69) is 205 Å². The molecule has 0 saturated carbocycles. The molecule has 14 aromatic carbocycles. The van der Waals surface area contributed by atoms with E-state index in [1.807, 2.05) is 0 Å². The summed E-state index contributed by atoms with van der Waals surface area (Å²) < 4.78 is 2.51. The quantitative estimate of drug-likeness (QED) is 0.158. The van der Waals surface area contributed by atoms with E-state index in [1.165, 1.54) is 147 Å². The van der Waals surface area contributed by atoms with Crippen LogP contribution >= 0.6 is 0 Å². The summed E-state index contributed by atoms with van der Waals surface area (Å²) in [6.45, 7) is 0. The van der Waals surface area contributed by atoms with Gasteiger partial charge in [-0.15, -0.1) is 0 Å². The molecule has 0 unspecified atom stereocenters. The Balaban J connectivity index is 1.05. The molecule has 15 aromatic rings. The highest BCUT2D eigenvalue weighted by molar-refractivity contribution is 6.33. The van der Waals surface area contributed by atoms with Crippen molar-refractivity contribution in [1.29, 1.82) is 0 Å². The van der Waals surface area contributed by atoms with E-state index in [1.54, 1.807) is 0 Å². The lowest BCUT2D eigenvalue weighted by Crippen LogP contribution is -1.94.